The molecule has 4 nitrogen and oxygen atoms in total. The van der Waals surface area contributed by atoms with Gasteiger partial charge in [0.2, 0.25) is 0 Å². The Bertz CT molecular complexity index is 411. The van der Waals surface area contributed by atoms with Crippen LogP contribution in [0, 0.1) is 0 Å². The minimum absolute atomic E-state index is 0.213. The predicted octanol–water partition coefficient (Wildman–Crippen LogP) is 6.94. The van der Waals surface area contributed by atoms with Crippen LogP contribution in [0.1, 0.15) is 129 Å². The molecule has 1 atom stereocenters. The highest BCUT2D eigenvalue weighted by atomic mass is 16.4. The summed E-state index contributed by atoms with van der Waals surface area (Å²) in [6.07, 6.45) is 21.4. The van der Waals surface area contributed by atoms with Crippen LogP contribution in [0.3, 0.4) is 0 Å². The predicted molar refractivity (Wildman–Crippen MR) is 129 cm³/mol. The van der Waals surface area contributed by atoms with Crippen LogP contribution in [0.5, 0.6) is 0 Å². The van der Waals surface area contributed by atoms with Crippen LogP contribution in [0.4, 0.5) is 0 Å². The lowest BCUT2D eigenvalue weighted by atomic mass is 9.91. The van der Waals surface area contributed by atoms with Crippen molar-refractivity contribution in [3.05, 3.63) is 0 Å². The van der Waals surface area contributed by atoms with Crippen LogP contribution in [-0.4, -0.2) is 53.5 Å². The van der Waals surface area contributed by atoms with Gasteiger partial charge in [-0.15, -0.1) is 0 Å². The molecule has 0 heterocycles. The van der Waals surface area contributed by atoms with Crippen molar-refractivity contribution in [1.29, 1.82) is 0 Å². The first-order chi connectivity index (χ1) is 14.2. The Balaban J connectivity index is 3.72. The molecule has 0 aromatic carbocycles. The van der Waals surface area contributed by atoms with Crippen LogP contribution < -0.4 is 0 Å². The third kappa shape index (κ3) is 18.2. The van der Waals surface area contributed by atoms with Gasteiger partial charge in [-0.05, 0) is 12.8 Å². The van der Waals surface area contributed by atoms with Gasteiger partial charge in [-0.1, -0.05) is 104 Å². The Hall–Kier alpha value is -0.610. The summed E-state index contributed by atoms with van der Waals surface area (Å²) in [7, 11) is 4.21. The molecule has 0 amide bonds. The summed E-state index contributed by atoms with van der Waals surface area (Å²) in [6, 6.07) is 0. The van der Waals surface area contributed by atoms with Crippen molar-refractivity contribution in [2.24, 2.45) is 0 Å². The number of aliphatic carboxylic acids is 1. The molecule has 0 radical (unpaired) electrons. The van der Waals surface area contributed by atoms with Gasteiger partial charge in [-0.25, -0.2) is 0 Å². The molecule has 0 saturated heterocycles. The summed E-state index contributed by atoms with van der Waals surface area (Å²) in [5.41, 5.74) is -0.621. The summed E-state index contributed by atoms with van der Waals surface area (Å²) >= 11 is 0. The topological polar surface area (TPSA) is 57.5 Å². The molecular formula is C26H54NO3+. The van der Waals surface area contributed by atoms with Crippen molar-refractivity contribution in [2.45, 2.75) is 135 Å². The molecule has 0 bridgehead atoms. The number of rotatable bonds is 22. The average molecular weight is 429 g/mol. The van der Waals surface area contributed by atoms with Crippen LogP contribution in [-0.2, 0) is 4.79 Å². The number of unbranched alkanes of at least 4 members (excludes halogenated alkanes) is 13. The van der Waals surface area contributed by atoms with E-state index in [4.69, 9.17) is 5.11 Å². The Labute approximate surface area is 188 Å². The lowest BCUT2D eigenvalue weighted by Crippen LogP contribution is -2.52. The van der Waals surface area contributed by atoms with Crippen molar-refractivity contribution in [3.8, 4) is 0 Å². The fraction of sp³-hybridized carbons (Fsp3) is 0.962. The molecule has 0 fully saturated rings. The van der Waals surface area contributed by atoms with E-state index >= 15 is 0 Å². The molecule has 0 spiro atoms. The molecule has 0 aromatic heterocycles. The molecule has 4 heteroatoms. The summed E-state index contributed by atoms with van der Waals surface area (Å²) < 4.78 is 0.691. The lowest BCUT2D eigenvalue weighted by Gasteiger charge is -2.38. The number of carbonyl (C=O) groups is 1. The highest BCUT2D eigenvalue weighted by Gasteiger charge is 2.32. The minimum atomic E-state index is -0.733. The zero-order valence-corrected chi connectivity index (χ0v) is 20.9. The van der Waals surface area contributed by atoms with Crippen LogP contribution in [0.25, 0.3) is 0 Å². The molecule has 0 saturated carbocycles. The number of likely N-dealkylation sites (N-methyl/N-ethyl adjacent to an activating group) is 1. The van der Waals surface area contributed by atoms with Crippen LogP contribution >= 0.6 is 0 Å². The highest BCUT2D eigenvalue weighted by Crippen LogP contribution is 2.23. The number of hydrogen-bond donors (Lipinski definition) is 2. The van der Waals surface area contributed by atoms with E-state index < -0.39 is 11.6 Å². The quantitative estimate of drug-likeness (QED) is 0.145. The molecule has 30 heavy (non-hydrogen) atoms. The van der Waals surface area contributed by atoms with Crippen LogP contribution in [0.15, 0.2) is 0 Å². The van der Waals surface area contributed by atoms with Crippen molar-refractivity contribution in [3.63, 3.8) is 0 Å². The first-order valence-corrected chi connectivity index (χ1v) is 13.0. The van der Waals surface area contributed by atoms with Gasteiger partial charge in [0, 0.05) is 6.42 Å². The molecule has 180 valence electrons. The fourth-order valence-electron chi connectivity index (χ4n) is 4.55. The largest absolute Gasteiger partial charge is 0.481 e. The van der Waals surface area contributed by atoms with E-state index in [1.807, 2.05) is 0 Å². The van der Waals surface area contributed by atoms with Gasteiger partial charge in [-0.3, -0.25) is 4.79 Å². The third-order valence-electron chi connectivity index (χ3n) is 6.53. The Morgan fingerprint density at radius 2 is 1.17 bits per heavy atom. The van der Waals surface area contributed by atoms with Crippen molar-refractivity contribution < 1.29 is 19.5 Å². The average Bonchev–Trinajstić information content (AvgIpc) is 2.67. The van der Waals surface area contributed by atoms with Crippen molar-refractivity contribution >= 4 is 5.97 Å². The van der Waals surface area contributed by atoms with E-state index in [0.29, 0.717) is 17.4 Å². The van der Waals surface area contributed by atoms with E-state index in [1.54, 1.807) is 0 Å². The molecule has 0 rings (SSSR count). The van der Waals surface area contributed by atoms with E-state index in [0.717, 1.165) is 25.8 Å². The smallest absolute Gasteiger partial charge is 0.303 e. The Kier molecular flexibility index (Phi) is 17.6. The maximum atomic E-state index is 11.0. The number of hydrogen-bond acceptors (Lipinski definition) is 2. The summed E-state index contributed by atoms with van der Waals surface area (Å²) in [5, 5.41) is 19.9. The first-order valence-electron chi connectivity index (χ1n) is 13.0. The second kappa shape index (κ2) is 18.0. The minimum Gasteiger partial charge on any atom is -0.481 e. The molecule has 2 N–H and O–H groups in total. The summed E-state index contributed by atoms with van der Waals surface area (Å²) in [4.78, 5) is 10.7. The zero-order chi connectivity index (χ0) is 22.7. The second-order valence-corrected chi connectivity index (χ2v) is 10.2. The van der Waals surface area contributed by atoms with E-state index in [1.165, 1.54) is 83.5 Å². The first kappa shape index (κ1) is 29.4. The fourth-order valence-corrected chi connectivity index (χ4v) is 4.55. The molecule has 1 unspecified atom stereocenters. The number of nitrogens with zero attached hydrogens (tertiary/aromatic N) is 1. The van der Waals surface area contributed by atoms with Gasteiger partial charge >= 0.3 is 5.97 Å². The molecular weight excluding hydrogens is 374 g/mol. The van der Waals surface area contributed by atoms with Gasteiger partial charge in [0.15, 0.2) is 0 Å². The third-order valence-corrected chi connectivity index (χ3v) is 6.53. The zero-order valence-electron chi connectivity index (χ0n) is 20.9. The van der Waals surface area contributed by atoms with Gasteiger partial charge < -0.3 is 14.7 Å². The Morgan fingerprint density at radius 3 is 1.57 bits per heavy atom. The molecule has 0 aliphatic rings. The number of carboxylic acid groups (broad SMARTS) is 1. The standard InChI is InChI=1S/C26H53NO3/c1-5-7-8-9-10-11-12-13-14-15-16-17-18-19-22-26(30,6-2)24-27(3,4)23-20-21-25(28)29/h30H,5-24H2,1-4H3/p+1. The summed E-state index contributed by atoms with van der Waals surface area (Å²) in [5.74, 6) is -0.733. The monoisotopic (exact) mass is 428 g/mol. The van der Waals surface area contributed by atoms with E-state index in [2.05, 4.69) is 27.9 Å². The van der Waals surface area contributed by atoms with E-state index in [9.17, 15) is 9.90 Å². The number of aliphatic hydroxyl groups is 1. The molecule has 0 aliphatic heterocycles. The number of quaternary nitrogens is 1. The Morgan fingerprint density at radius 1 is 0.733 bits per heavy atom. The van der Waals surface area contributed by atoms with Crippen molar-refractivity contribution in [2.75, 3.05) is 27.2 Å². The molecule has 0 aliphatic carbocycles. The number of carboxylic acids is 1. The second-order valence-electron chi connectivity index (χ2n) is 10.2. The SMILES string of the molecule is CCCCCCCCCCCCCCCCC(O)(CC)C[N+](C)(C)CCCC(=O)O. The normalized spacial score (nSPS) is 14.0. The van der Waals surface area contributed by atoms with E-state index in [-0.39, 0.29) is 6.42 Å². The van der Waals surface area contributed by atoms with Gasteiger partial charge in [-0.2, -0.15) is 0 Å². The van der Waals surface area contributed by atoms with Crippen LogP contribution in [0.2, 0.25) is 0 Å². The van der Waals surface area contributed by atoms with Gasteiger partial charge in [0.1, 0.15) is 12.1 Å². The highest BCUT2D eigenvalue weighted by molar-refractivity contribution is 5.66. The van der Waals surface area contributed by atoms with Gasteiger partial charge in [0.25, 0.3) is 0 Å². The summed E-state index contributed by atoms with van der Waals surface area (Å²) in [6.45, 7) is 5.85. The maximum absolute atomic E-state index is 11.0. The van der Waals surface area contributed by atoms with Gasteiger partial charge in [0.05, 0.1) is 27.1 Å². The maximum Gasteiger partial charge on any atom is 0.303 e. The lowest BCUT2D eigenvalue weighted by molar-refractivity contribution is -0.897. The molecule has 0 aromatic rings. The van der Waals surface area contributed by atoms with Crippen molar-refractivity contribution in [1.82, 2.24) is 0 Å².